The van der Waals surface area contributed by atoms with Crippen molar-refractivity contribution in [3.8, 4) is 0 Å². The molecule has 6 nitrogen and oxygen atoms in total. The number of carbonyl (C=O) groups is 2. The summed E-state index contributed by atoms with van der Waals surface area (Å²) in [5.74, 6) is -0.475. The molecular formula is C13H21N3O3S. The molecule has 0 aliphatic heterocycles. The van der Waals surface area contributed by atoms with E-state index in [1.165, 1.54) is 0 Å². The zero-order valence-electron chi connectivity index (χ0n) is 11.8. The summed E-state index contributed by atoms with van der Waals surface area (Å²) in [5.41, 5.74) is 0. The van der Waals surface area contributed by atoms with Crippen molar-refractivity contribution in [3.05, 3.63) is 16.6 Å². The highest BCUT2D eigenvalue weighted by Crippen LogP contribution is 2.16. The van der Waals surface area contributed by atoms with Gasteiger partial charge in [-0.1, -0.05) is 13.8 Å². The van der Waals surface area contributed by atoms with E-state index in [4.69, 9.17) is 5.11 Å². The van der Waals surface area contributed by atoms with Gasteiger partial charge in [-0.25, -0.2) is 9.78 Å². The monoisotopic (exact) mass is 299 g/mol. The Labute approximate surface area is 122 Å². The van der Waals surface area contributed by atoms with Gasteiger partial charge in [0.25, 0.3) is 0 Å². The molecule has 0 bridgehead atoms. The number of aliphatic carboxylic acids is 1. The number of rotatable bonds is 8. The molecule has 112 valence electrons. The van der Waals surface area contributed by atoms with Gasteiger partial charge in [-0.05, 0) is 12.3 Å². The first kappa shape index (κ1) is 16.4. The number of carboxylic acid groups (broad SMARTS) is 1. The Morgan fingerprint density at radius 1 is 1.35 bits per heavy atom. The lowest BCUT2D eigenvalue weighted by molar-refractivity contribution is -0.137. The highest BCUT2D eigenvalue weighted by atomic mass is 32.1. The number of nitrogens with zero attached hydrogens (tertiary/aromatic N) is 1. The second-order valence-electron chi connectivity index (χ2n) is 4.90. The van der Waals surface area contributed by atoms with E-state index in [2.05, 4.69) is 15.6 Å². The zero-order chi connectivity index (χ0) is 15.0. The third-order valence-electron chi connectivity index (χ3n) is 2.90. The van der Waals surface area contributed by atoms with Crippen LogP contribution in [0, 0.1) is 5.92 Å². The first-order valence-corrected chi connectivity index (χ1v) is 7.50. The van der Waals surface area contributed by atoms with Crippen molar-refractivity contribution in [2.24, 2.45) is 5.92 Å². The van der Waals surface area contributed by atoms with Gasteiger partial charge in [0.1, 0.15) is 0 Å². The van der Waals surface area contributed by atoms with E-state index in [-0.39, 0.29) is 24.3 Å². The number of aromatic nitrogens is 1. The van der Waals surface area contributed by atoms with Crippen molar-refractivity contribution >= 4 is 23.3 Å². The lowest BCUT2D eigenvalue weighted by atomic mass is 10.1. The van der Waals surface area contributed by atoms with Crippen LogP contribution in [0.2, 0.25) is 0 Å². The van der Waals surface area contributed by atoms with Crippen LogP contribution in [0.25, 0.3) is 0 Å². The Morgan fingerprint density at radius 3 is 2.65 bits per heavy atom. The van der Waals surface area contributed by atoms with Crippen molar-refractivity contribution in [1.29, 1.82) is 0 Å². The highest BCUT2D eigenvalue weighted by Gasteiger charge is 2.11. The number of hydrogen-bond donors (Lipinski definition) is 3. The predicted octanol–water partition coefficient (Wildman–Crippen LogP) is 2.05. The summed E-state index contributed by atoms with van der Waals surface area (Å²) in [6.45, 7) is 4.93. The van der Waals surface area contributed by atoms with Crippen molar-refractivity contribution in [1.82, 2.24) is 15.6 Å². The third-order valence-corrected chi connectivity index (χ3v) is 3.91. The molecule has 0 saturated heterocycles. The van der Waals surface area contributed by atoms with Crippen LogP contribution in [0.3, 0.4) is 0 Å². The van der Waals surface area contributed by atoms with Gasteiger partial charge in [0.15, 0.2) is 0 Å². The Balaban J connectivity index is 2.15. The fraction of sp³-hybridized carbons (Fsp3) is 0.615. The molecule has 0 saturated carbocycles. The molecule has 1 heterocycles. The molecule has 1 rings (SSSR count). The maximum Gasteiger partial charge on any atom is 0.314 e. The van der Waals surface area contributed by atoms with Crippen LogP contribution in [-0.2, 0) is 4.79 Å². The van der Waals surface area contributed by atoms with Crippen LogP contribution < -0.4 is 10.6 Å². The van der Waals surface area contributed by atoms with Gasteiger partial charge in [-0.3, -0.25) is 4.79 Å². The van der Waals surface area contributed by atoms with Crippen LogP contribution in [0.5, 0.6) is 0 Å². The summed E-state index contributed by atoms with van der Waals surface area (Å²) < 4.78 is 0. The van der Waals surface area contributed by atoms with E-state index < -0.39 is 5.97 Å². The van der Waals surface area contributed by atoms with Gasteiger partial charge < -0.3 is 15.7 Å². The minimum absolute atomic E-state index is 0.131. The molecule has 0 aliphatic rings. The summed E-state index contributed by atoms with van der Waals surface area (Å²) >= 11 is 1.57. The molecule has 2 atom stereocenters. The standard InChI is InChI=1S/C13H21N3O3S/c1-9(3-4-11(17)18)7-15-13(19)16-8-10(2)12-14-5-6-20-12/h5-6,9-10H,3-4,7-8H2,1-2H3,(H,17,18)(H2,15,16,19). The van der Waals surface area contributed by atoms with Gasteiger partial charge in [0, 0.05) is 37.0 Å². The largest absolute Gasteiger partial charge is 0.481 e. The van der Waals surface area contributed by atoms with Crippen molar-refractivity contribution in [3.63, 3.8) is 0 Å². The molecule has 1 aromatic heterocycles. The Kier molecular flexibility index (Phi) is 7.00. The molecule has 7 heteroatoms. The summed E-state index contributed by atoms with van der Waals surface area (Å²) in [6.07, 6.45) is 2.44. The first-order chi connectivity index (χ1) is 9.49. The van der Waals surface area contributed by atoms with E-state index in [0.717, 1.165) is 5.01 Å². The Morgan fingerprint density at radius 2 is 2.05 bits per heavy atom. The number of hydrogen-bond acceptors (Lipinski definition) is 4. The van der Waals surface area contributed by atoms with Crippen LogP contribution in [-0.4, -0.2) is 35.2 Å². The lowest BCUT2D eigenvalue weighted by Gasteiger charge is -2.14. The number of carboxylic acids is 1. The van der Waals surface area contributed by atoms with E-state index >= 15 is 0 Å². The minimum Gasteiger partial charge on any atom is -0.481 e. The van der Waals surface area contributed by atoms with Crippen LogP contribution in [0.4, 0.5) is 4.79 Å². The third kappa shape index (κ3) is 6.51. The smallest absolute Gasteiger partial charge is 0.314 e. The molecule has 0 fully saturated rings. The SMILES string of the molecule is CC(CCC(=O)O)CNC(=O)NCC(C)c1nccs1. The Bertz CT molecular complexity index is 423. The van der Waals surface area contributed by atoms with Crippen LogP contribution in [0.15, 0.2) is 11.6 Å². The molecule has 0 aromatic carbocycles. The van der Waals surface area contributed by atoms with Gasteiger partial charge in [0.05, 0.1) is 5.01 Å². The summed E-state index contributed by atoms with van der Waals surface area (Å²) in [7, 11) is 0. The molecule has 0 spiro atoms. The average Bonchev–Trinajstić information content (AvgIpc) is 2.94. The van der Waals surface area contributed by atoms with Gasteiger partial charge in [-0.15, -0.1) is 11.3 Å². The molecule has 20 heavy (non-hydrogen) atoms. The summed E-state index contributed by atoms with van der Waals surface area (Å²) in [5, 5.41) is 17.0. The second-order valence-corrected chi connectivity index (χ2v) is 5.83. The fourth-order valence-corrected chi connectivity index (χ4v) is 2.31. The van der Waals surface area contributed by atoms with E-state index in [0.29, 0.717) is 19.5 Å². The summed E-state index contributed by atoms with van der Waals surface area (Å²) in [4.78, 5) is 26.2. The maximum atomic E-state index is 11.6. The van der Waals surface area contributed by atoms with E-state index in [1.807, 2.05) is 19.2 Å². The quantitative estimate of drug-likeness (QED) is 0.685. The van der Waals surface area contributed by atoms with Gasteiger partial charge in [-0.2, -0.15) is 0 Å². The highest BCUT2D eigenvalue weighted by molar-refractivity contribution is 7.09. The topological polar surface area (TPSA) is 91.3 Å². The molecule has 2 amide bonds. The van der Waals surface area contributed by atoms with Gasteiger partial charge >= 0.3 is 12.0 Å². The zero-order valence-corrected chi connectivity index (χ0v) is 12.6. The number of nitrogens with one attached hydrogen (secondary N) is 2. The number of urea groups is 1. The van der Waals surface area contributed by atoms with Crippen LogP contribution in [0.1, 0.15) is 37.6 Å². The maximum absolute atomic E-state index is 11.6. The molecule has 0 radical (unpaired) electrons. The predicted molar refractivity (Wildman–Crippen MR) is 78.0 cm³/mol. The first-order valence-electron chi connectivity index (χ1n) is 6.62. The lowest BCUT2D eigenvalue weighted by Crippen LogP contribution is -2.39. The molecule has 2 unspecified atom stereocenters. The number of thiazole rings is 1. The van der Waals surface area contributed by atoms with Gasteiger partial charge in [0.2, 0.25) is 0 Å². The second kappa shape index (κ2) is 8.52. The Hall–Kier alpha value is -1.63. The van der Waals surface area contributed by atoms with Crippen molar-refractivity contribution in [2.75, 3.05) is 13.1 Å². The summed E-state index contributed by atoms with van der Waals surface area (Å²) in [6, 6.07) is -0.226. The van der Waals surface area contributed by atoms with Crippen LogP contribution >= 0.6 is 11.3 Å². The van der Waals surface area contributed by atoms with E-state index in [1.54, 1.807) is 17.5 Å². The van der Waals surface area contributed by atoms with Crippen molar-refractivity contribution < 1.29 is 14.7 Å². The number of carbonyl (C=O) groups excluding carboxylic acids is 1. The molecule has 1 aromatic rings. The minimum atomic E-state index is -0.807. The molecular weight excluding hydrogens is 278 g/mol. The number of amides is 2. The normalized spacial score (nSPS) is 13.5. The average molecular weight is 299 g/mol. The van der Waals surface area contributed by atoms with E-state index in [9.17, 15) is 9.59 Å². The van der Waals surface area contributed by atoms with Crippen molar-refractivity contribution in [2.45, 2.75) is 32.6 Å². The molecule has 3 N–H and O–H groups in total. The molecule has 0 aliphatic carbocycles. The fourth-order valence-electron chi connectivity index (χ4n) is 1.61.